The third kappa shape index (κ3) is 4.91. The lowest BCUT2D eigenvalue weighted by Gasteiger charge is -2.19. The van der Waals surface area contributed by atoms with Crippen LogP contribution in [0.2, 0.25) is 0 Å². The van der Waals surface area contributed by atoms with Crippen molar-refractivity contribution in [2.75, 3.05) is 25.7 Å². The lowest BCUT2D eigenvalue weighted by molar-refractivity contribution is -0.150. The standard InChI is InChI=1S/C24H26N2O6/c1-5-31-24(29)16(2)32-21-8-6-7-20-19(21)13-14-26(23(20)28)15-22(27)25(3)17-9-11-18(30-4)12-10-17/h6-14,16H,5,15H2,1-4H3. The molecule has 0 bridgehead atoms. The molecule has 0 aliphatic rings. The molecule has 1 aromatic heterocycles. The summed E-state index contributed by atoms with van der Waals surface area (Å²) in [7, 11) is 3.23. The molecule has 0 radical (unpaired) electrons. The molecule has 1 atom stereocenters. The Morgan fingerprint density at radius 2 is 1.78 bits per heavy atom. The molecule has 2 aromatic carbocycles. The van der Waals surface area contributed by atoms with Crippen molar-refractivity contribution in [1.29, 1.82) is 0 Å². The Labute approximate surface area is 185 Å². The van der Waals surface area contributed by atoms with Gasteiger partial charge in [0.1, 0.15) is 18.0 Å². The highest BCUT2D eigenvalue weighted by Crippen LogP contribution is 2.24. The van der Waals surface area contributed by atoms with Crippen LogP contribution >= 0.6 is 0 Å². The van der Waals surface area contributed by atoms with E-state index in [9.17, 15) is 14.4 Å². The number of fused-ring (bicyclic) bond motifs is 1. The largest absolute Gasteiger partial charge is 0.497 e. The Balaban J connectivity index is 1.82. The third-order valence-corrected chi connectivity index (χ3v) is 5.04. The van der Waals surface area contributed by atoms with Gasteiger partial charge in [-0.15, -0.1) is 0 Å². The smallest absolute Gasteiger partial charge is 0.347 e. The molecule has 0 fully saturated rings. The summed E-state index contributed by atoms with van der Waals surface area (Å²) in [6, 6.07) is 13.8. The first-order valence-electron chi connectivity index (χ1n) is 10.2. The van der Waals surface area contributed by atoms with Gasteiger partial charge < -0.3 is 23.7 Å². The zero-order valence-electron chi connectivity index (χ0n) is 18.5. The average Bonchev–Trinajstić information content (AvgIpc) is 2.80. The summed E-state index contributed by atoms with van der Waals surface area (Å²) in [5, 5.41) is 0.946. The fourth-order valence-electron chi connectivity index (χ4n) is 3.22. The predicted octanol–water partition coefficient (Wildman–Crippen LogP) is 3.00. The normalized spacial score (nSPS) is 11.6. The number of carbonyl (C=O) groups excluding carboxylic acids is 2. The van der Waals surface area contributed by atoms with Crippen molar-refractivity contribution in [2.45, 2.75) is 26.5 Å². The number of anilines is 1. The van der Waals surface area contributed by atoms with E-state index in [2.05, 4.69) is 0 Å². The van der Waals surface area contributed by atoms with Crippen LogP contribution < -0.4 is 19.9 Å². The number of pyridine rings is 1. The summed E-state index contributed by atoms with van der Waals surface area (Å²) in [4.78, 5) is 39.1. The van der Waals surface area contributed by atoms with Gasteiger partial charge in [-0.25, -0.2) is 4.79 Å². The highest BCUT2D eigenvalue weighted by atomic mass is 16.6. The molecule has 0 aliphatic heterocycles. The zero-order chi connectivity index (χ0) is 23.3. The molecule has 0 spiro atoms. The van der Waals surface area contributed by atoms with Gasteiger partial charge in [-0.3, -0.25) is 9.59 Å². The van der Waals surface area contributed by atoms with Gasteiger partial charge in [0, 0.05) is 24.3 Å². The van der Waals surface area contributed by atoms with Gasteiger partial charge in [-0.1, -0.05) is 6.07 Å². The summed E-state index contributed by atoms with van der Waals surface area (Å²) >= 11 is 0. The van der Waals surface area contributed by atoms with Gasteiger partial charge >= 0.3 is 5.97 Å². The Kier molecular flexibility index (Phi) is 7.14. The van der Waals surface area contributed by atoms with Gasteiger partial charge in [-0.05, 0) is 56.3 Å². The molecule has 0 saturated heterocycles. The number of amides is 1. The lowest BCUT2D eigenvalue weighted by Crippen LogP contribution is -2.33. The van der Waals surface area contributed by atoms with Gasteiger partial charge in [0.25, 0.3) is 5.56 Å². The molecule has 168 valence electrons. The van der Waals surface area contributed by atoms with E-state index in [1.807, 2.05) is 0 Å². The Morgan fingerprint density at radius 1 is 1.06 bits per heavy atom. The molecule has 3 rings (SSSR count). The maximum absolute atomic E-state index is 13.0. The summed E-state index contributed by atoms with van der Waals surface area (Å²) in [6.07, 6.45) is 0.731. The highest BCUT2D eigenvalue weighted by Gasteiger charge is 2.18. The van der Waals surface area contributed by atoms with Crippen LogP contribution in [0, 0.1) is 0 Å². The van der Waals surface area contributed by atoms with Crippen molar-refractivity contribution in [2.24, 2.45) is 0 Å². The van der Waals surface area contributed by atoms with Crippen molar-refractivity contribution in [3.63, 3.8) is 0 Å². The maximum atomic E-state index is 13.0. The maximum Gasteiger partial charge on any atom is 0.347 e. The van der Waals surface area contributed by atoms with Crippen molar-refractivity contribution in [1.82, 2.24) is 4.57 Å². The number of nitrogens with zero attached hydrogens (tertiary/aromatic N) is 2. The van der Waals surface area contributed by atoms with Gasteiger partial charge in [0.15, 0.2) is 6.10 Å². The Bertz CT molecular complexity index is 1170. The Hall–Kier alpha value is -3.81. The van der Waals surface area contributed by atoms with Crippen LogP contribution in [0.4, 0.5) is 5.69 Å². The molecule has 32 heavy (non-hydrogen) atoms. The van der Waals surface area contributed by atoms with E-state index in [0.29, 0.717) is 28.0 Å². The number of methoxy groups -OCH3 is 1. The quantitative estimate of drug-likeness (QED) is 0.503. The summed E-state index contributed by atoms with van der Waals surface area (Å²) < 4.78 is 17.2. The van der Waals surface area contributed by atoms with Crippen molar-refractivity contribution in [3.05, 3.63) is 65.1 Å². The monoisotopic (exact) mass is 438 g/mol. The molecule has 1 heterocycles. The van der Waals surface area contributed by atoms with E-state index in [0.717, 1.165) is 0 Å². The minimum Gasteiger partial charge on any atom is -0.497 e. The number of likely N-dealkylation sites (N-methyl/N-ethyl adjacent to an activating group) is 1. The fourth-order valence-corrected chi connectivity index (χ4v) is 3.22. The van der Waals surface area contributed by atoms with E-state index in [-0.39, 0.29) is 24.6 Å². The lowest BCUT2D eigenvalue weighted by atomic mass is 10.1. The van der Waals surface area contributed by atoms with Crippen LogP contribution in [-0.2, 0) is 20.9 Å². The minimum atomic E-state index is -0.817. The van der Waals surface area contributed by atoms with Crippen molar-refractivity contribution < 1.29 is 23.8 Å². The van der Waals surface area contributed by atoms with E-state index in [1.165, 1.54) is 9.47 Å². The minimum absolute atomic E-state index is 0.123. The SMILES string of the molecule is CCOC(=O)C(C)Oc1cccc2c(=O)n(CC(=O)N(C)c3ccc(OC)cc3)ccc12. The number of hydrogen-bond donors (Lipinski definition) is 0. The van der Waals surface area contributed by atoms with Crippen LogP contribution in [0.1, 0.15) is 13.8 Å². The predicted molar refractivity (Wildman–Crippen MR) is 121 cm³/mol. The van der Waals surface area contributed by atoms with Crippen molar-refractivity contribution in [3.8, 4) is 11.5 Å². The van der Waals surface area contributed by atoms with Gasteiger partial charge in [-0.2, -0.15) is 0 Å². The fraction of sp³-hybridized carbons (Fsp3) is 0.292. The number of rotatable bonds is 8. The number of hydrogen-bond acceptors (Lipinski definition) is 6. The Morgan fingerprint density at radius 3 is 2.44 bits per heavy atom. The molecule has 0 aliphatic carbocycles. The number of ether oxygens (including phenoxy) is 3. The van der Waals surface area contributed by atoms with E-state index >= 15 is 0 Å². The molecule has 8 nitrogen and oxygen atoms in total. The second-order valence-electron chi connectivity index (χ2n) is 7.13. The molecular weight excluding hydrogens is 412 g/mol. The average molecular weight is 438 g/mol. The van der Waals surface area contributed by atoms with Crippen LogP contribution in [0.5, 0.6) is 11.5 Å². The second kappa shape index (κ2) is 10.00. The highest BCUT2D eigenvalue weighted by molar-refractivity contribution is 5.93. The summed E-state index contributed by atoms with van der Waals surface area (Å²) in [5.41, 5.74) is 0.362. The number of aromatic nitrogens is 1. The third-order valence-electron chi connectivity index (χ3n) is 5.04. The molecule has 1 unspecified atom stereocenters. The number of carbonyl (C=O) groups is 2. The van der Waals surface area contributed by atoms with E-state index in [1.54, 1.807) is 82.7 Å². The zero-order valence-corrected chi connectivity index (χ0v) is 18.5. The van der Waals surface area contributed by atoms with Crippen LogP contribution in [0.15, 0.2) is 59.5 Å². The van der Waals surface area contributed by atoms with Crippen molar-refractivity contribution >= 4 is 28.3 Å². The summed E-state index contributed by atoms with van der Waals surface area (Å²) in [6.45, 7) is 3.44. The molecule has 0 saturated carbocycles. The van der Waals surface area contributed by atoms with Crippen LogP contribution in [-0.4, -0.2) is 43.3 Å². The van der Waals surface area contributed by atoms with E-state index < -0.39 is 12.1 Å². The molecule has 3 aromatic rings. The number of esters is 1. The topological polar surface area (TPSA) is 87.1 Å². The number of benzene rings is 2. The second-order valence-corrected chi connectivity index (χ2v) is 7.13. The first-order valence-corrected chi connectivity index (χ1v) is 10.2. The van der Waals surface area contributed by atoms with Crippen LogP contribution in [0.3, 0.4) is 0 Å². The first-order chi connectivity index (χ1) is 15.3. The summed E-state index contributed by atoms with van der Waals surface area (Å²) in [5.74, 6) is 0.356. The van der Waals surface area contributed by atoms with Crippen LogP contribution in [0.25, 0.3) is 10.8 Å². The molecule has 0 N–H and O–H groups in total. The van der Waals surface area contributed by atoms with Gasteiger partial charge in [0.05, 0.1) is 19.1 Å². The first kappa shape index (κ1) is 22.9. The van der Waals surface area contributed by atoms with E-state index in [4.69, 9.17) is 14.2 Å². The molecular formula is C24H26N2O6. The molecule has 8 heteroatoms. The van der Waals surface area contributed by atoms with Gasteiger partial charge in [0.2, 0.25) is 5.91 Å². The molecule has 1 amide bonds.